The minimum Gasteiger partial charge on any atom is -0.291 e. The molecule has 3 aromatic rings. The maximum atomic E-state index is 4.75. The van der Waals surface area contributed by atoms with Crippen LogP contribution in [0, 0.1) is 6.92 Å². The molecule has 0 fully saturated rings. The molecular weight excluding hydrogens is 284 g/mol. The summed E-state index contributed by atoms with van der Waals surface area (Å²) in [4.78, 5) is 6.96. The number of hydrogen-bond donors (Lipinski definition) is 0. The minimum absolute atomic E-state index is 0.938. The summed E-state index contributed by atoms with van der Waals surface area (Å²) in [6, 6.07) is 16.9. The molecule has 0 atom stereocenters. The lowest BCUT2D eigenvalue weighted by molar-refractivity contribution is 0.205. The van der Waals surface area contributed by atoms with E-state index in [1.54, 1.807) is 0 Å². The number of aryl methyl sites for hydroxylation is 1. The quantitative estimate of drug-likeness (QED) is 0.745. The molecule has 2 aromatic heterocycles. The van der Waals surface area contributed by atoms with Gasteiger partial charge < -0.3 is 0 Å². The van der Waals surface area contributed by atoms with Crippen molar-refractivity contribution in [2.45, 2.75) is 26.6 Å². The second-order valence-electron chi connectivity index (χ2n) is 6.11. The van der Waals surface area contributed by atoms with Crippen LogP contribution in [-0.4, -0.2) is 26.2 Å². The van der Waals surface area contributed by atoms with Crippen molar-refractivity contribution in [3.05, 3.63) is 71.5 Å². The van der Waals surface area contributed by atoms with Crippen LogP contribution < -0.4 is 0 Å². The fourth-order valence-electron chi connectivity index (χ4n) is 3.17. The first-order valence-electron chi connectivity index (χ1n) is 8.04. The molecule has 4 nitrogen and oxygen atoms in total. The zero-order chi connectivity index (χ0) is 15.6. The van der Waals surface area contributed by atoms with Crippen molar-refractivity contribution in [1.82, 2.24) is 19.7 Å². The zero-order valence-corrected chi connectivity index (χ0v) is 13.3. The van der Waals surface area contributed by atoms with Crippen LogP contribution in [0.15, 0.2) is 54.7 Å². The number of rotatable bonds is 3. The van der Waals surface area contributed by atoms with Crippen molar-refractivity contribution in [3.63, 3.8) is 0 Å². The van der Waals surface area contributed by atoms with E-state index in [0.717, 1.165) is 37.6 Å². The smallest absolute Gasteiger partial charge is 0.111 e. The second kappa shape index (κ2) is 5.97. The fraction of sp³-hybridized carbons (Fsp3) is 0.263. The molecule has 0 radical (unpaired) electrons. The van der Waals surface area contributed by atoms with Crippen LogP contribution in [-0.2, 0) is 19.6 Å². The van der Waals surface area contributed by atoms with E-state index in [0.29, 0.717) is 0 Å². The van der Waals surface area contributed by atoms with E-state index in [2.05, 4.69) is 64.0 Å². The minimum atomic E-state index is 0.938. The Morgan fingerprint density at radius 2 is 1.91 bits per heavy atom. The Labute approximate surface area is 136 Å². The van der Waals surface area contributed by atoms with Gasteiger partial charge in [-0.2, -0.15) is 5.10 Å². The summed E-state index contributed by atoms with van der Waals surface area (Å²) in [7, 11) is 0. The van der Waals surface area contributed by atoms with Crippen LogP contribution in [0.3, 0.4) is 0 Å². The lowest BCUT2D eigenvalue weighted by Gasteiger charge is -2.27. The highest BCUT2D eigenvalue weighted by Gasteiger charge is 2.19. The molecule has 0 saturated heterocycles. The van der Waals surface area contributed by atoms with Gasteiger partial charge in [0.2, 0.25) is 0 Å². The SMILES string of the molecule is Cc1cccnc1-c1cc2n(n1)CCN(Cc1ccccc1)C2. The van der Waals surface area contributed by atoms with Crippen molar-refractivity contribution in [2.75, 3.05) is 6.54 Å². The Kier molecular flexibility index (Phi) is 3.67. The number of nitrogens with zero attached hydrogens (tertiary/aromatic N) is 4. The first-order valence-corrected chi connectivity index (χ1v) is 8.04. The number of benzene rings is 1. The largest absolute Gasteiger partial charge is 0.291 e. The van der Waals surface area contributed by atoms with Crippen LogP contribution in [0.5, 0.6) is 0 Å². The summed E-state index contributed by atoms with van der Waals surface area (Å²) >= 11 is 0. The van der Waals surface area contributed by atoms with Gasteiger partial charge in [0.25, 0.3) is 0 Å². The monoisotopic (exact) mass is 304 g/mol. The molecule has 0 amide bonds. The first kappa shape index (κ1) is 14.2. The van der Waals surface area contributed by atoms with Gasteiger partial charge in [-0.3, -0.25) is 14.6 Å². The molecular formula is C19H20N4. The second-order valence-corrected chi connectivity index (χ2v) is 6.11. The van der Waals surface area contributed by atoms with Crippen molar-refractivity contribution in [1.29, 1.82) is 0 Å². The van der Waals surface area contributed by atoms with E-state index in [-0.39, 0.29) is 0 Å². The number of aromatic nitrogens is 3. The molecule has 116 valence electrons. The molecule has 0 saturated carbocycles. The van der Waals surface area contributed by atoms with Crippen LogP contribution in [0.2, 0.25) is 0 Å². The lowest BCUT2D eigenvalue weighted by atomic mass is 10.1. The van der Waals surface area contributed by atoms with Gasteiger partial charge in [-0.1, -0.05) is 36.4 Å². The molecule has 4 heteroatoms. The summed E-state index contributed by atoms with van der Waals surface area (Å²) < 4.78 is 2.13. The normalized spacial score (nSPS) is 14.7. The van der Waals surface area contributed by atoms with E-state index in [4.69, 9.17) is 5.10 Å². The molecule has 4 rings (SSSR count). The summed E-state index contributed by atoms with van der Waals surface area (Å²) in [5.74, 6) is 0. The van der Waals surface area contributed by atoms with E-state index in [1.165, 1.54) is 16.8 Å². The number of hydrogen-bond acceptors (Lipinski definition) is 3. The molecule has 0 aliphatic carbocycles. The van der Waals surface area contributed by atoms with Crippen LogP contribution in [0.4, 0.5) is 0 Å². The van der Waals surface area contributed by atoms with Gasteiger partial charge >= 0.3 is 0 Å². The average Bonchev–Trinajstić information content (AvgIpc) is 2.99. The molecule has 3 heterocycles. The Balaban J connectivity index is 1.55. The predicted molar refractivity (Wildman–Crippen MR) is 90.8 cm³/mol. The van der Waals surface area contributed by atoms with Gasteiger partial charge in [0, 0.05) is 25.8 Å². The fourth-order valence-corrected chi connectivity index (χ4v) is 3.17. The highest BCUT2D eigenvalue weighted by molar-refractivity contribution is 5.58. The zero-order valence-electron chi connectivity index (χ0n) is 13.3. The summed E-state index contributed by atoms with van der Waals surface area (Å²) in [5.41, 5.74) is 5.78. The standard InChI is InChI=1S/C19H20N4/c1-15-6-5-9-20-19(15)18-12-17-14-22(10-11-23(17)21-18)13-16-7-3-2-4-8-16/h2-9,12H,10-11,13-14H2,1H3. The van der Waals surface area contributed by atoms with Gasteiger partial charge in [-0.05, 0) is 30.2 Å². The maximum absolute atomic E-state index is 4.75. The van der Waals surface area contributed by atoms with Gasteiger partial charge in [0.1, 0.15) is 5.69 Å². The third kappa shape index (κ3) is 2.90. The van der Waals surface area contributed by atoms with Crippen LogP contribution >= 0.6 is 0 Å². The van der Waals surface area contributed by atoms with Gasteiger partial charge in [-0.25, -0.2) is 0 Å². The molecule has 0 spiro atoms. The molecule has 1 aliphatic rings. The first-order chi connectivity index (χ1) is 11.3. The van der Waals surface area contributed by atoms with E-state index in [1.807, 2.05) is 12.3 Å². The van der Waals surface area contributed by atoms with Gasteiger partial charge in [0.05, 0.1) is 17.9 Å². The van der Waals surface area contributed by atoms with Crippen molar-refractivity contribution < 1.29 is 0 Å². The van der Waals surface area contributed by atoms with E-state index >= 15 is 0 Å². The van der Waals surface area contributed by atoms with Crippen LogP contribution in [0.1, 0.15) is 16.8 Å². The highest BCUT2D eigenvalue weighted by Crippen LogP contribution is 2.23. The van der Waals surface area contributed by atoms with Gasteiger partial charge in [0.15, 0.2) is 0 Å². The Morgan fingerprint density at radius 1 is 1.04 bits per heavy atom. The molecule has 1 aromatic carbocycles. The molecule has 0 bridgehead atoms. The number of pyridine rings is 1. The summed E-state index contributed by atoms with van der Waals surface area (Å²) in [6.07, 6.45) is 1.84. The molecule has 1 aliphatic heterocycles. The third-order valence-electron chi connectivity index (χ3n) is 4.38. The van der Waals surface area contributed by atoms with Gasteiger partial charge in [-0.15, -0.1) is 0 Å². The van der Waals surface area contributed by atoms with Crippen molar-refractivity contribution in [3.8, 4) is 11.4 Å². The Bertz CT molecular complexity index is 807. The summed E-state index contributed by atoms with van der Waals surface area (Å²) in [6.45, 7) is 5.98. The lowest BCUT2D eigenvalue weighted by Crippen LogP contribution is -2.33. The summed E-state index contributed by atoms with van der Waals surface area (Å²) in [5, 5.41) is 4.75. The number of fused-ring (bicyclic) bond motifs is 1. The predicted octanol–water partition coefficient (Wildman–Crippen LogP) is 3.27. The van der Waals surface area contributed by atoms with E-state index < -0.39 is 0 Å². The molecule has 23 heavy (non-hydrogen) atoms. The Hall–Kier alpha value is -2.46. The maximum Gasteiger partial charge on any atom is 0.111 e. The topological polar surface area (TPSA) is 34.0 Å². The van der Waals surface area contributed by atoms with Crippen LogP contribution in [0.25, 0.3) is 11.4 Å². The average molecular weight is 304 g/mol. The Morgan fingerprint density at radius 3 is 2.74 bits per heavy atom. The van der Waals surface area contributed by atoms with Crippen molar-refractivity contribution in [2.24, 2.45) is 0 Å². The highest BCUT2D eigenvalue weighted by atomic mass is 15.3. The molecule has 0 unspecified atom stereocenters. The third-order valence-corrected chi connectivity index (χ3v) is 4.38. The van der Waals surface area contributed by atoms with E-state index in [9.17, 15) is 0 Å². The van der Waals surface area contributed by atoms with Crippen molar-refractivity contribution >= 4 is 0 Å². The molecule has 0 N–H and O–H groups in total.